The number of amides is 2. The van der Waals surface area contributed by atoms with Crippen LogP contribution in [-0.4, -0.2) is 54.7 Å². The number of para-hydroxylation sites is 2. The van der Waals surface area contributed by atoms with Crippen LogP contribution in [0.1, 0.15) is 32.3 Å². The second kappa shape index (κ2) is 10.1. The molecule has 1 saturated heterocycles. The maximum absolute atomic E-state index is 13.8. The quantitative estimate of drug-likeness (QED) is 0.621. The second-order valence-corrected chi connectivity index (χ2v) is 8.16. The summed E-state index contributed by atoms with van der Waals surface area (Å²) in [6, 6.07) is 14.3. The van der Waals surface area contributed by atoms with Gasteiger partial charge >= 0.3 is 0 Å². The second-order valence-electron chi connectivity index (χ2n) is 8.16. The number of aliphatic hydroxyl groups is 1. The smallest absolute Gasteiger partial charge is 0.282 e. The van der Waals surface area contributed by atoms with E-state index in [0.29, 0.717) is 60.3 Å². The number of likely N-dealkylation sites (tertiary alicyclic amines) is 1. The Balaban J connectivity index is 1.80. The zero-order valence-corrected chi connectivity index (χ0v) is 19.1. The lowest BCUT2D eigenvalue weighted by Crippen LogP contribution is -2.40. The Morgan fingerprint density at radius 1 is 0.970 bits per heavy atom. The SMILES string of the molecule is CCOc1ccc(C2=C(N3CCCC(CO)C3)C(=O)N(c3ccccc3OCC)C2=O)cc1. The minimum atomic E-state index is -0.377. The molecule has 1 fully saturated rings. The lowest BCUT2D eigenvalue weighted by Gasteiger charge is -2.34. The van der Waals surface area contributed by atoms with E-state index in [-0.39, 0.29) is 24.3 Å². The average Bonchev–Trinajstić information content (AvgIpc) is 3.10. The molecule has 1 unspecified atom stereocenters. The van der Waals surface area contributed by atoms with Crippen LogP contribution in [0.4, 0.5) is 5.69 Å². The fourth-order valence-corrected chi connectivity index (χ4v) is 4.51. The minimum absolute atomic E-state index is 0.0567. The molecule has 1 N–H and O–H groups in total. The van der Waals surface area contributed by atoms with Gasteiger partial charge in [-0.25, -0.2) is 4.90 Å². The summed E-state index contributed by atoms with van der Waals surface area (Å²) in [5, 5.41) is 9.72. The van der Waals surface area contributed by atoms with Crippen molar-refractivity contribution >= 4 is 23.1 Å². The van der Waals surface area contributed by atoms with Gasteiger partial charge in [0.15, 0.2) is 0 Å². The van der Waals surface area contributed by atoms with Gasteiger partial charge < -0.3 is 19.5 Å². The molecule has 2 aromatic carbocycles. The number of anilines is 1. The molecule has 7 heteroatoms. The van der Waals surface area contributed by atoms with Crippen LogP contribution in [0, 0.1) is 5.92 Å². The van der Waals surface area contributed by atoms with E-state index in [4.69, 9.17) is 9.47 Å². The highest BCUT2D eigenvalue weighted by Crippen LogP contribution is 2.39. The number of nitrogens with zero attached hydrogens (tertiary/aromatic N) is 2. The number of carbonyl (C=O) groups excluding carboxylic acids is 2. The van der Waals surface area contributed by atoms with Crippen molar-refractivity contribution in [3.05, 3.63) is 59.8 Å². The number of aliphatic hydroxyl groups excluding tert-OH is 1. The molecule has 0 radical (unpaired) electrons. The van der Waals surface area contributed by atoms with E-state index < -0.39 is 0 Å². The molecule has 2 amide bonds. The zero-order chi connectivity index (χ0) is 23.4. The van der Waals surface area contributed by atoms with Gasteiger partial charge in [0.2, 0.25) is 0 Å². The van der Waals surface area contributed by atoms with E-state index in [2.05, 4.69) is 0 Å². The highest BCUT2D eigenvalue weighted by atomic mass is 16.5. The van der Waals surface area contributed by atoms with Crippen molar-refractivity contribution in [3.8, 4) is 11.5 Å². The monoisotopic (exact) mass is 450 g/mol. The molecule has 0 spiro atoms. The molecule has 2 aromatic rings. The predicted octanol–water partition coefficient (Wildman–Crippen LogP) is 3.47. The molecule has 2 heterocycles. The van der Waals surface area contributed by atoms with Crippen LogP contribution in [0.25, 0.3) is 5.57 Å². The van der Waals surface area contributed by atoms with Crippen molar-refractivity contribution in [2.24, 2.45) is 5.92 Å². The summed E-state index contributed by atoms with van der Waals surface area (Å²) in [6.07, 6.45) is 1.75. The number of ether oxygens (including phenoxy) is 2. The number of imide groups is 1. The number of hydrogen-bond acceptors (Lipinski definition) is 6. The Kier molecular flexibility index (Phi) is 6.99. The van der Waals surface area contributed by atoms with Gasteiger partial charge in [0, 0.05) is 19.7 Å². The van der Waals surface area contributed by atoms with Gasteiger partial charge in [0.25, 0.3) is 11.8 Å². The number of benzene rings is 2. The van der Waals surface area contributed by atoms with Crippen LogP contribution < -0.4 is 14.4 Å². The first kappa shape index (κ1) is 22.9. The fraction of sp³-hybridized carbons (Fsp3) is 0.385. The average molecular weight is 451 g/mol. The molecule has 0 saturated carbocycles. The van der Waals surface area contributed by atoms with Gasteiger partial charge in [0.05, 0.1) is 24.5 Å². The highest BCUT2D eigenvalue weighted by Gasteiger charge is 2.44. The number of piperidine rings is 1. The Morgan fingerprint density at radius 2 is 1.70 bits per heavy atom. The molecule has 33 heavy (non-hydrogen) atoms. The topological polar surface area (TPSA) is 79.3 Å². The Labute approximate surface area is 194 Å². The number of hydrogen-bond donors (Lipinski definition) is 1. The molecule has 2 aliphatic heterocycles. The molecule has 7 nitrogen and oxygen atoms in total. The minimum Gasteiger partial charge on any atom is -0.494 e. The molecule has 1 atom stereocenters. The zero-order valence-electron chi connectivity index (χ0n) is 19.1. The molecule has 4 rings (SSSR count). The lowest BCUT2D eigenvalue weighted by atomic mass is 9.97. The molecular weight excluding hydrogens is 420 g/mol. The van der Waals surface area contributed by atoms with Gasteiger partial charge in [-0.2, -0.15) is 0 Å². The molecule has 0 aromatic heterocycles. The molecular formula is C26H30N2O5. The van der Waals surface area contributed by atoms with Crippen molar-refractivity contribution in [1.82, 2.24) is 4.90 Å². The van der Waals surface area contributed by atoms with Gasteiger partial charge in [0.1, 0.15) is 17.2 Å². The van der Waals surface area contributed by atoms with E-state index in [1.165, 1.54) is 4.90 Å². The number of carbonyl (C=O) groups is 2. The fourth-order valence-electron chi connectivity index (χ4n) is 4.51. The van der Waals surface area contributed by atoms with Gasteiger partial charge in [-0.3, -0.25) is 9.59 Å². The lowest BCUT2D eigenvalue weighted by molar-refractivity contribution is -0.120. The Morgan fingerprint density at radius 3 is 2.39 bits per heavy atom. The molecule has 2 aliphatic rings. The van der Waals surface area contributed by atoms with Crippen LogP contribution in [0.5, 0.6) is 11.5 Å². The van der Waals surface area contributed by atoms with Crippen molar-refractivity contribution in [2.45, 2.75) is 26.7 Å². The summed E-state index contributed by atoms with van der Waals surface area (Å²) in [4.78, 5) is 30.7. The normalized spacial score (nSPS) is 18.8. The van der Waals surface area contributed by atoms with Gasteiger partial charge in [-0.1, -0.05) is 24.3 Å². The maximum Gasteiger partial charge on any atom is 0.282 e. The summed E-state index contributed by atoms with van der Waals surface area (Å²) in [5.41, 5.74) is 1.85. The molecule has 0 aliphatic carbocycles. The van der Waals surface area contributed by atoms with Gasteiger partial charge in [-0.05, 0) is 62.4 Å². The highest BCUT2D eigenvalue weighted by molar-refractivity contribution is 6.45. The van der Waals surface area contributed by atoms with E-state index in [1.54, 1.807) is 18.2 Å². The van der Waals surface area contributed by atoms with Crippen molar-refractivity contribution in [2.75, 3.05) is 37.8 Å². The van der Waals surface area contributed by atoms with E-state index >= 15 is 0 Å². The Bertz CT molecular complexity index is 1050. The predicted molar refractivity (Wildman–Crippen MR) is 126 cm³/mol. The number of rotatable bonds is 8. The maximum atomic E-state index is 13.8. The van der Waals surface area contributed by atoms with E-state index in [0.717, 1.165) is 12.8 Å². The standard InChI is InChI=1S/C26H30N2O5/c1-3-32-20-13-11-19(12-14-20)23-24(27-15-7-8-18(16-27)17-29)26(31)28(25(23)30)21-9-5-6-10-22(21)33-4-2/h5-6,9-14,18,29H,3-4,7-8,15-17H2,1-2H3. The van der Waals surface area contributed by atoms with Crippen LogP contribution in [-0.2, 0) is 9.59 Å². The first-order chi connectivity index (χ1) is 16.1. The largest absolute Gasteiger partial charge is 0.494 e. The van der Waals surface area contributed by atoms with Crippen LogP contribution in [0.15, 0.2) is 54.2 Å². The summed E-state index contributed by atoms with van der Waals surface area (Å²) in [6.45, 7) is 5.99. The van der Waals surface area contributed by atoms with Crippen LogP contribution in [0.3, 0.4) is 0 Å². The van der Waals surface area contributed by atoms with E-state index in [9.17, 15) is 14.7 Å². The summed E-state index contributed by atoms with van der Waals surface area (Å²) in [7, 11) is 0. The van der Waals surface area contributed by atoms with Crippen molar-refractivity contribution in [1.29, 1.82) is 0 Å². The first-order valence-electron chi connectivity index (χ1n) is 11.5. The summed E-state index contributed by atoms with van der Waals surface area (Å²) < 4.78 is 11.3. The Hall–Kier alpha value is -3.32. The third-order valence-electron chi connectivity index (χ3n) is 6.01. The third kappa shape index (κ3) is 4.46. The third-order valence-corrected chi connectivity index (χ3v) is 6.01. The van der Waals surface area contributed by atoms with E-state index in [1.807, 2.05) is 49.1 Å². The summed E-state index contributed by atoms with van der Waals surface area (Å²) in [5.74, 6) is 0.519. The van der Waals surface area contributed by atoms with Crippen LogP contribution in [0.2, 0.25) is 0 Å². The molecule has 174 valence electrons. The first-order valence-corrected chi connectivity index (χ1v) is 11.5. The van der Waals surface area contributed by atoms with Crippen molar-refractivity contribution in [3.63, 3.8) is 0 Å². The van der Waals surface area contributed by atoms with Crippen LogP contribution >= 0.6 is 0 Å². The molecule has 0 bridgehead atoms. The van der Waals surface area contributed by atoms with Crippen molar-refractivity contribution < 1.29 is 24.2 Å². The summed E-state index contributed by atoms with van der Waals surface area (Å²) >= 11 is 0. The van der Waals surface area contributed by atoms with Gasteiger partial charge in [-0.15, -0.1) is 0 Å².